The van der Waals surface area contributed by atoms with Gasteiger partial charge in [0, 0.05) is 0 Å². The first kappa shape index (κ1) is 13.2. The highest BCUT2D eigenvalue weighted by atomic mass is 16.5. The summed E-state index contributed by atoms with van der Waals surface area (Å²) in [6.07, 6.45) is 0. The summed E-state index contributed by atoms with van der Waals surface area (Å²) in [5.41, 5.74) is 3.67. The van der Waals surface area contributed by atoms with Crippen LogP contribution in [0.3, 0.4) is 0 Å². The summed E-state index contributed by atoms with van der Waals surface area (Å²) < 4.78 is 11.0. The van der Waals surface area contributed by atoms with Crippen molar-refractivity contribution in [2.75, 3.05) is 0 Å². The number of rotatable bonds is 4. The van der Waals surface area contributed by atoms with Crippen molar-refractivity contribution in [1.29, 1.82) is 0 Å². The topological polar surface area (TPSA) is 77.5 Å². The minimum atomic E-state index is -0.372. The van der Waals surface area contributed by atoms with Crippen LogP contribution >= 0.6 is 0 Å². The van der Waals surface area contributed by atoms with Gasteiger partial charge in [0.1, 0.15) is 23.9 Å². The second-order valence-corrected chi connectivity index (χ2v) is 4.26. The molecular formula is C14H16N2O3. The Morgan fingerprint density at radius 1 is 1.32 bits per heavy atom. The fourth-order valence-electron chi connectivity index (χ4n) is 1.71. The van der Waals surface area contributed by atoms with Gasteiger partial charge in [-0.3, -0.25) is 10.2 Å². The molecule has 19 heavy (non-hydrogen) atoms. The number of ether oxygens (including phenoxy) is 1. The van der Waals surface area contributed by atoms with Crippen molar-refractivity contribution in [3.63, 3.8) is 0 Å². The van der Waals surface area contributed by atoms with Crippen LogP contribution in [0.1, 0.15) is 27.4 Å². The van der Waals surface area contributed by atoms with E-state index in [1.54, 1.807) is 13.0 Å². The van der Waals surface area contributed by atoms with Crippen LogP contribution in [-0.2, 0) is 6.61 Å². The van der Waals surface area contributed by atoms with E-state index < -0.39 is 0 Å². The fourth-order valence-corrected chi connectivity index (χ4v) is 1.71. The van der Waals surface area contributed by atoms with Crippen molar-refractivity contribution in [1.82, 2.24) is 5.43 Å². The van der Waals surface area contributed by atoms with Crippen molar-refractivity contribution in [3.05, 3.63) is 53.0 Å². The number of nitrogen functional groups attached to an aromatic ring is 1. The second kappa shape index (κ2) is 5.58. The predicted molar refractivity (Wildman–Crippen MR) is 70.6 cm³/mol. The summed E-state index contributed by atoms with van der Waals surface area (Å²) in [5, 5.41) is 0. The maximum Gasteiger partial charge on any atom is 0.268 e. The number of hydrogen-bond donors (Lipinski definition) is 2. The third-order valence-electron chi connectivity index (χ3n) is 2.75. The molecule has 1 aromatic carbocycles. The number of furan rings is 1. The molecule has 1 heterocycles. The first-order valence-electron chi connectivity index (χ1n) is 5.90. The lowest BCUT2D eigenvalue weighted by Crippen LogP contribution is -2.30. The fraction of sp³-hybridized carbons (Fsp3) is 0.214. The van der Waals surface area contributed by atoms with Crippen LogP contribution in [0, 0.1) is 13.8 Å². The summed E-state index contributed by atoms with van der Waals surface area (Å²) in [7, 11) is 0. The van der Waals surface area contributed by atoms with Crippen molar-refractivity contribution >= 4 is 5.91 Å². The highest BCUT2D eigenvalue weighted by molar-refractivity contribution is 5.94. The predicted octanol–water partition coefficient (Wildman–Crippen LogP) is 2.08. The van der Waals surface area contributed by atoms with Crippen LogP contribution in [-0.4, -0.2) is 5.91 Å². The largest absolute Gasteiger partial charge is 0.486 e. The van der Waals surface area contributed by atoms with Gasteiger partial charge in [-0.2, -0.15) is 0 Å². The molecule has 0 aliphatic heterocycles. The van der Waals surface area contributed by atoms with E-state index in [2.05, 4.69) is 5.43 Å². The quantitative estimate of drug-likeness (QED) is 0.501. The van der Waals surface area contributed by atoms with E-state index in [9.17, 15) is 4.79 Å². The SMILES string of the molecule is Cc1ccc(OCc2cc(C(=O)NN)c(C)o2)cc1. The van der Waals surface area contributed by atoms with Gasteiger partial charge in [-0.1, -0.05) is 17.7 Å². The van der Waals surface area contributed by atoms with Crippen molar-refractivity contribution in [2.24, 2.45) is 5.84 Å². The molecule has 1 aromatic heterocycles. The number of nitrogens with two attached hydrogens (primary N) is 1. The lowest BCUT2D eigenvalue weighted by atomic mass is 10.2. The smallest absolute Gasteiger partial charge is 0.268 e. The van der Waals surface area contributed by atoms with Gasteiger partial charge in [-0.15, -0.1) is 0 Å². The molecule has 0 aliphatic carbocycles. The normalized spacial score (nSPS) is 10.3. The molecule has 0 bridgehead atoms. The second-order valence-electron chi connectivity index (χ2n) is 4.26. The zero-order chi connectivity index (χ0) is 13.8. The van der Waals surface area contributed by atoms with E-state index >= 15 is 0 Å². The first-order valence-corrected chi connectivity index (χ1v) is 5.90. The van der Waals surface area contributed by atoms with Gasteiger partial charge < -0.3 is 9.15 Å². The number of carbonyl (C=O) groups excluding carboxylic acids is 1. The summed E-state index contributed by atoms with van der Waals surface area (Å²) in [6.45, 7) is 3.99. The minimum absolute atomic E-state index is 0.266. The number of nitrogens with one attached hydrogen (secondary N) is 1. The molecule has 5 nitrogen and oxygen atoms in total. The highest BCUT2D eigenvalue weighted by Crippen LogP contribution is 2.18. The van der Waals surface area contributed by atoms with Crippen LogP contribution in [0.15, 0.2) is 34.7 Å². The van der Waals surface area contributed by atoms with Gasteiger partial charge in [0.05, 0.1) is 5.56 Å². The molecule has 5 heteroatoms. The Hall–Kier alpha value is -2.27. The van der Waals surface area contributed by atoms with Gasteiger partial charge in [0.2, 0.25) is 0 Å². The Bertz CT molecular complexity index is 573. The number of amides is 1. The zero-order valence-electron chi connectivity index (χ0n) is 10.9. The summed E-state index contributed by atoms with van der Waals surface area (Å²) in [6, 6.07) is 9.34. The molecule has 1 amide bonds. The number of carbonyl (C=O) groups is 1. The van der Waals surface area contributed by atoms with E-state index in [1.807, 2.05) is 31.2 Å². The van der Waals surface area contributed by atoms with Gasteiger partial charge in [-0.05, 0) is 32.0 Å². The van der Waals surface area contributed by atoms with E-state index in [-0.39, 0.29) is 12.5 Å². The van der Waals surface area contributed by atoms with Crippen LogP contribution in [0.4, 0.5) is 0 Å². The molecule has 0 fully saturated rings. The average Bonchev–Trinajstić information content (AvgIpc) is 2.78. The standard InChI is InChI=1S/C14H16N2O3/c1-9-3-5-11(6-4-9)18-8-12-7-13(10(2)19-12)14(17)16-15/h3-7H,8,15H2,1-2H3,(H,16,17). The van der Waals surface area contributed by atoms with Crippen molar-refractivity contribution < 1.29 is 13.9 Å². The number of benzene rings is 1. The maximum absolute atomic E-state index is 11.4. The molecule has 3 N–H and O–H groups in total. The Morgan fingerprint density at radius 3 is 2.63 bits per heavy atom. The lowest BCUT2D eigenvalue weighted by molar-refractivity contribution is 0.0952. The lowest BCUT2D eigenvalue weighted by Gasteiger charge is -2.03. The van der Waals surface area contributed by atoms with Gasteiger partial charge in [0.25, 0.3) is 5.91 Å². The molecule has 0 aliphatic rings. The number of aryl methyl sites for hydroxylation is 2. The van der Waals surface area contributed by atoms with E-state index in [4.69, 9.17) is 15.0 Å². The molecule has 0 unspecified atom stereocenters. The van der Waals surface area contributed by atoms with Crippen molar-refractivity contribution in [2.45, 2.75) is 20.5 Å². The third-order valence-corrected chi connectivity index (χ3v) is 2.75. The first-order chi connectivity index (χ1) is 9.10. The van der Waals surface area contributed by atoms with E-state index in [0.29, 0.717) is 17.1 Å². The Labute approximate surface area is 111 Å². The Kier molecular flexibility index (Phi) is 3.87. The molecule has 2 rings (SSSR count). The van der Waals surface area contributed by atoms with Crippen LogP contribution < -0.4 is 16.0 Å². The molecule has 0 atom stereocenters. The summed E-state index contributed by atoms with van der Waals surface area (Å²) >= 11 is 0. The van der Waals surface area contributed by atoms with Gasteiger partial charge in [-0.25, -0.2) is 5.84 Å². The maximum atomic E-state index is 11.4. The van der Waals surface area contributed by atoms with E-state index in [0.717, 1.165) is 5.75 Å². The van der Waals surface area contributed by atoms with Gasteiger partial charge in [0.15, 0.2) is 0 Å². The molecule has 2 aromatic rings. The number of hydrogen-bond acceptors (Lipinski definition) is 4. The summed E-state index contributed by atoms with van der Waals surface area (Å²) in [4.78, 5) is 11.4. The van der Waals surface area contributed by atoms with E-state index in [1.165, 1.54) is 5.56 Å². The molecule has 100 valence electrons. The molecule has 0 spiro atoms. The van der Waals surface area contributed by atoms with Crippen molar-refractivity contribution in [3.8, 4) is 5.75 Å². The van der Waals surface area contributed by atoms with Crippen LogP contribution in [0.2, 0.25) is 0 Å². The molecule has 0 saturated carbocycles. The van der Waals surface area contributed by atoms with Crippen LogP contribution in [0.25, 0.3) is 0 Å². The summed E-state index contributed by atoms with van der Waals surface area (Å²) in [5.74, 6) is 6.57. The Morgan fingerprint density at radius 2 is 2.00 bits per heavy atom. The molecule has 0 radical (unpaired) electrons. The zero-order valence-corrected chi connectivity index (χ0v) is 10.9. The van der Waals surface area contributed by atoms with Gasteiger partial charge >= 0.3 is 0 Å². The highest BCUT2D eigenvalue weighted by Gasteiger charge is 2.14. The Balaban J connectivity index is 2.04. The molecule has 0 saturated heterocycles. The number of hydrazine groups is 1. The molecular weight excluding hydrogens is 244 g/mol. The van der Waals surface area contributed by atoms with Crippen LogP contribution in [0.5, 0.6) is 5.75 Å². The average molecular weight is 260 g/mol. The third kappa shape index (κ3) is 3.14. The monoisotopic (exact) mass is 260 g/mol. The minimum Gasteiger partial charge on any atom is -0.486 e.